The molecule has 0 spiro atoms. The number of nitrogens with one attached hydrogen (secondary N) is 2. The van der Waals surface area contributed by atoms with Crippen LogP contribution >= 0.6 is 0 Å². The molecule has 1 aromatic carbocycles. The van der Waals surface area contributed by atoms with E-state index >= 15 is 0 Å². The largest absolute Gasteiger partial charge is 0.352 e. The summed E-state index contributed by atoms with van der Waals surface area (Å²) < 4.78 is 0. The Labute approximate surface area is 135 Å². The third-order valence-electron chi connectivity index (χ3n) is 3.33. The highest BCUT2D eigenvalue weighted by Crippen LogP contribution is 2.25. The zero-order valence-corrected chi connectivity index (χ0v) is 13.6. The first-order valence-corrected chi connectivity index (χ1v) is 7.80. The van der Waals surface area contributed by atoms with Crippen molar-refractivity contribution in [2.75, 3.05) is 11.9 Å². The smallest absolute Gasteiger partial charge is 0.293 e. The van der Waals surface area contributed by atoms with E-state index in [9.17, 15) is 19.7 Å². The van der Waals surface area contributed by atoms with Crippen molar-refractivity contribution in [1.29, 1.82) is 0 Å². The Morgan fingerprint density at radius 2 is 1.87 bits per heavy atom. The molecule has 1 rings (SSSR count). The van der Waals surface area contributed by atoms with E-state index < -0.39 is 10.8 Å². The van der Waals surface area contributed by atoms with Crippen LogP contribution in [0.4, 0.5) is 11.4 Å². The van der Waals surface area contributed by atoms with Gasteiger partial charge < -0.3 is 10.6 Å². The van der Waals surface area contributed by atoms with Crippen LogP contribution in [0.5, 0.6) is 0 Å². The Hall–Kier alpha value is -2.44. The summed E-state index contributed by atoms with van der Waals surface area (Å²) in [4.78, 5) is 33.5. The molecule has 126 valence electrons. The van der Waals surface area contributed by atoms with Crippen LogP contribution in [0, 0.1) is 10.1 Å². The number of rotatable bonds is 9. The standard InChI is InChI=1S/C16H23N3O4/c1-3-4-5-6-7-10-17-16(21)13-8-9-14(18-12(2)20)15(11-13)19(22)23/h8-9,11H,3-7,10H2,1-2H3,(H,17,21)(H,18,20). The molecule has 0 aliphatic heterocycles. The molecule has 0 aliphatic rings. The van der Waals surface area contributed by atoms with Gasteiger partial charge >= 0.3 is 0 Å². The van der Waals surface area contributed by atoms with E-state index in [-0.39, 0.29) is 22.8 Å². The number of amides is 2. The fourth-order valence-corrected chi connectivity index (χ4v) is 2.15. The Morgan fingerprint density at radius 1 is 1.17 bits per heavy atom. The third-order valence-corrected chi connectivity index (χ3v) is 3.33. The number of nitro groups is 1. The van der Waals surface area contributed by atoms with E-state index in [1.807, 2.05) is 0 Å². The quantitative estimate of drug-likeness (QED) is 0.414. The molecule has 0 heterocycles. The highest BCUT2D eigenvalue weighted by molar-refractivity contribution is 5.97. The second kappa shape index (κ2) is 9.55. The summed E-state index contributed by atoms with van der Waals surface area (Å²) in [6.45, 7) is 3.95. The molecule has 0 saturated carbocycles. The van der Waals surface area contributed by atoms with Crippen LogP contribution in [0.2, 0.25) is 0 Å². The van der Waals surface area contributed by atoms with E-state index in [4.69, 9.17) is 0 Å². The number of hydrogen-bond acceptors (Lipinski definition) is 4. The minimum absolute atomic E-state index is 0.0821. The van der Waals surface area contributed by atoms with Gasteiger partial charge in [-0.3, -0.25) is 19.7 Å². The normalized spacial score (nSPS) is 10.2. The SMILES string of the molecule is CCCCCCCNC(=O)c1ccc(NC(C)=O)c([N+](=O)[O-])c1. The number of unbranched alkanes of at least 4 members (excludes halogenated alkanes) is 4. The predicted octanol–water partition coefficient (Wildman–Crippen LogP) is 3.25. The molecule has 2 amide bonds. The van der Waals surface area contributed by atoms with Gasteiger partial charge in [0.05, 0.1) is 4.92 Å². The Bertz CT molecular complexity index is 572. The number of carbonyl (C=O) groups excluding carboxylic acids is 2. The number of benzene rings is 1. The second-order valence-corrected chi connectivity index (χ2v) is 5.34. The molecule has 23 heavy (non-hydrogen) atoms. The molecule has 0 atom stereocenters. The van der Waals surface area contributed by atoms with Gasteiger partial charge in [-0.05, 0) is 18.6 Å². The van der Waals surface area contributed by atoms with Crippen molar-refractivity contribution in [1.82, 2.24) is 5.32 Å². The maximum absolute atomic E-state index is 12.0. The summed E-state index contributed by atoms with van der Waals surface area (Å²) >= 11 is 0. The highest BCUT2D eigenvalue weighted by atomic mass is 16.6. The van der Waals surface area contributed by atoms with Gasteiger partial charge in [-0.25, -0.2) is 0 Å². The molecule has 0 saturated heterocycles. The van der Waals surface area contributed by atoms with Crippen LogP contribution in [0.15, 0.2) is 18.2 Å². The third kappa shape index (κ3) is 6.46. The van der Waals surface area contributed by atoms with Crippen LogP contribution in [0.3, 0.4) is 0 Å². The van der Waals surface area contributed by atoms with E-state index in [2.05, 4.69) is 17.6 Å². The molecule has 0 fully saturated rings. The van der Waals surface area contributed by atoms with Crippen LogP contribution in [-0.4, -0.2) is 23.3 Å². The molecule has 1 aromatic rings. The summed E-state index contributed by atoms with van der Waals surface area (Å²) in [5.41, 5.74) is -0.00577. The van der Waals surface area contributed by atoms with Crippen molar-refractivity contribution >= 4 is 23.2 Å². The maximum Gasteiger partial charge on any atom is 0.293 e. The van der Waals surface area contributed by atoms with Crippen LogP contribution in [0.25, 0.3) is 0 Å². The van der Waals surface area contributed by atoms with Crippen LogP contribution in [-0.2, 0) is 4.79 Å². The van der Waals surface area contributed by atoms with Gasteiger partial charge in [0, 0.05) is 25.1 Å². The van der Waals surface area contributed by atoms with Gasteiger partial charge in [0.25, 0.3) is 11.6 Å². The lowest BCUT2D eigenvalue weighted by Gasteiger charge is -2.07. The first kappa shape index (κ1) is 18.6. The lowest BCUT2D eigenvalue weighted by Crippen LogP contribution is -2.24. The lowest BCUT2D eigenvalue weighted by molar-refractivity contribution is -0.384. The Morgan fingerprint density at radius 3 is 2.48 bits per heavy atom. The zero-order chi connectivity index (χ0) is 17.2. The van der Waals surface area contributed by atoms with Gasteiger partial charge in [0.1, 0.15) is 5.69 Å². The number of nitro benzene ring substituents is 1. The minimum atomic E-state index is -0.618. The van der Waals surface area contributed by atoms with Crippen LogP contribution in [0.1, 0.15) is 56.3 Å². The summed E-state index contributed by atoms with van der Waals surface area (Å²) in [5.74, 6) is -0.754. The van der Waals surface area contributed by atoms with Crippen molar-refractivity contribution in [3.63, 3.8) is 0 Å². The first-order valence-electron chi connectivity index (χ1n) is 7.80. The average Bonchev–Trinajstić information content (AvgIpc) is 2.50. The van der Waals surface area contributed by atoms with Gasteiger partial charge in [0.15, 0.2) is 0 Å². The Kier molecular flexibility index (Phi) is 7.73. The summed E-state index contributed by atoms with van der Waals surface area (Å²) in [6, 6.07) is 4.01. The van der Waals surface area contributed by atoms with Crippen molar-refractivity contribution < 1.29 is 14.5 Å². The van der Waals surface area contributed by atoms with Crippen molar-refractivity contribution in [3.8, 4) is 0 Å². The van der Waals surface area contributed by atoms with Crippen molar-refractivity contribution in [2.24, 2.45) is 0 Å². The topological polar surface area (TPSA) is 101 Å². The summed E-state index contributed by atoms with van der Waals surface area (Å²) in [7, 11) is 0. The van der Waals surface area contributed by atoms with Gasteiger partial charge in [0.2, 0.25) is 5.91 Å². The summed E-state index contributed by atoms with van der Waals surface area (Å²) in [6.07, 6.45) is 5.43. The minimum Gasteiger partial charge on any atom is -0.352 e. The Balaban J connectivity index is 2.65. The highest BCUT2D eigenvalue weighted by Gasteiger charge is 2.18. The summed E-state index contributed by atoms with van der Waals surface area (Å²) in [5, 5.41) is 16.2. The van der Waals surface area contributed by atoms with Crippen LogP contribution < -0.4 is 10.6 Å². The number of nitrogens with zero attached hydrogens (tertiary/aromatic N) is 1. The first-order chi connectivity index (χ1) is 11.0. The van der Waals surface area contributed by atoms with Gasteiger partial charge in [-0.1, -0.05) is 32.6 Å². The molecule has 0 radical (unpaired) electrons. The van der Waals surface area contributed by atoms with E-state index in [1.54, 1.807) is 0 Å². The van der Waals surface area contributed by atoms with Gasteiger partial charge in [-0.15, -0.1) is 0 Å². The number of carbonyl (C=O) groups is 2. The van der Waals surface area contributed by atoms with Gasteiger partial charge in [-0.2, -0.15) is 0 Å². The molecule has 0 bridgehead atoms. The molecule has 0 aliphatic carbocycles. The second-order valence-electron chi connectivity index (χ2n) is 5.34. The monoisotopic (exact) mass is 321 g/mol. The maximum atomic E-state index is 12.0. The van der Waals surface area contributed by atoms with Crippen molar-refractivity contribution in [2.45, 2.75) is 46.0 Å². The number of anilines is 1. The molecule has 7 heteroatoms. The van der Waals surface area contributed by atoms with Crippen molar-refractivity contribution in [3.05, 3.63) is 33.9 Å². The fraction of sp³-hybridized carbons (Fsp3) is 0.500. The van der Waals surface area contributed by atoms with E-state index in [1.165, 1.54) is 31.5 Å². The molecule has 2 N–H and O–H groups in total. The number of hydrogen-bond donors (Lipinski definition) is 2. The molecular weight excluding hydrogens is 298 g/mol. The molecule has 7 nitrogen and oxygen atoms in total. The molecule has 0 unspecified atom stereocenters. The molecule has 0 aromatic heterocycles. The fourth-order valence-electron chi connectivity index (χ4n) is 2.15. The average molecular weight is 321 g/mol. The van der Waals surface area contributed by atoms with E-state index in [0.29, 0.717) is 6.54 Å². The molecular formula is C16H23N3O4. The predicted molar refractivity (Wildman–Crippen MR) is 88.5 cm³/mol. The van der Waals surface area contributed by atoms with E-state index in [0.717, 1.165) is 25.7 Å². The lowest BCUT2D eigenvalue weighted by atomic mass is 10.1. The zero-order valence-electron chi connectivity index (χ0n) is 13.6.